The lowest BCUT2D eigenvalue weighted by Gasteiger charge is -2.30. The fourth-order valence-electron chi connectivity index (χ4n) is 6.17. The molecule has 6 amide bonds. The molecule has 9 N–H and O–H groups in total. The third-order valence-corrected chi connectivity index (χ3v) is 8.99. The van der Waals surface area contributed by atoms with Crippen LogP contribution in [0.1, 0.15) is 86.1 Å². The maximum atomic E-state index is 14.1. The average molecular weight is 711 g/mol. The molecule has 0 unspecified atom stereocenters. The minimum atomic E-state index is -1.13. The van der Waals surface area contributed by atoms with Crippen LogP contribution in [0.4, 0.5) is 0 Å². The number of benzene rings is 1. The quantitative estimate of drug-likeness (QED) is 0.161. The van der Waals surface area contributed by atoms with E-state index >= 15 is 0 Å². The standard InChI is InChI=1S/C37H58N8O6/c1-20(2)16-28-34(48)44-29(17-21(3)4)36(50)45-31(22(5)6)37(51)41-27(14-10-11-15-38)33(47)40-23(7)32(46)42-30(35(49)43-28)18-24-19-39-26-13-9-8-12-25(24)26/h8-9,12-13,19-23,27-31,39H,10-11,14-18,38H2,1-7H3,(H,40,47)(H,41,51)(H,42,46)(H,43,49)(H,44,48)(H,45,50)/t23-,27+,28+,29-,30+,31+/m1/s1. The molecule has 14 nitrogen and oxygen atoms in total. The van der Waals surface area contributed by atoms with Gasteiger partial charge in [0.05, 0.1) is 0 Å². The molecule has 0 aliphatic carbocycles. The molecule has 1 aliphatic rings. The number of fused-ring (bicyclic) bond motifs is 1. The number of para-hydroxylation sites is 1. The molecular formula is C37H58N8O6. The predicted molar refractivity (Wildman–Crippen MR) is 196 cm³/mol. The van der Waals surface area contributed by atoms with Crippen molar-refractivity contribution in [3.8, 4) is 0 Å². The van der Waals surface area contributed by atoms with Crippen LogP contribution < -0.4 is 37.6 Å². The lowest BCUT2D eigenvalue weighted by molar-refractivity contribution is -0.137. The Balaban J connectivity index is 2.06. The summed E-state index contributed by atoms with van der Waals surface area (Å²) in [7, 11) is 0. The van der Waals surface area contributed by atoms with Gasteiger partial charge in [-0.25, -0.2) is 0 Å². The summed E-state index contributed by atoms with van der Waals surface area (Å²) < 4.78 is 0. The molecule has 2 heterocycles. The van der Waals surface area contributed by atoms with Gasteiger partial charge in [-0.1, -0.05) is 59.7 Å². The summed E-state index contributed by atoms with van der Waals surface area (Å²) in [6, 6.07) is 1.26. The van der Waals surface area contributed by atoms with Gasteiger partial charge >= 0.3 is 0 Å². The zero-order valence-corrected chi connectivity index (χ0v) is 31.1. The van der Waals surface area contributed by atoms with E-state index in [1.165, 1.54) is 6.92 Å². The van der Waals surface area contributed by atoms with Gasteiger partial charge in [-0.2, -0.15) is 0 Å². The van der Waals surface area contributed by atoms with Crippen LogP contribution >= 0.6 is 0 Å². The largest absolute Gasteiger partial charge is 0.361 e. The number of nitrogens with two attached hydrogens (primary N) is 1. The molecule has 6 atom stereocenters. The molecule has 1 fully saturated rings. The second-order valence-electron chi connectivity index (χ2n) is 14.8. The molecule has 1 saturated heterocycles. The van der Waals surface area contributed by atoms with Crippen LogP contribution in [0, 0.1) is 17.8 Å². The summed E-state index contributed by atoms with van der Waals surface area (Å²) in [6.45, 7) is 13.1. The first-order valence-corrected chi connectivity index (χ1v) is 18.2. The van der Waals surface area contributed by atoms with Crippen molar-refractivity contribution in [3.05, 3.63) is 36.0 Å². The summed E-state index contributed by atoms with van der Waals surface area (Å²) in [4.78, 5) is 85.8. The monoisotopic (exact) mass is 710 g/mol. The van der Waals surface area contributed by atoms with Gasteiger partial charge in [-0.3, -0.25) is 28.8 Å². The van der Waals surface area contributed by atoms with Crippen LogP contribution in [-0.4, -0.2) is 83.2 Å². The molecule has 2 aromatic rings. The first kappa shape index (κ1) is 41.0. The molecule has 0 spiro atoms. The molecule has 0 radical (unpaired) electrons. The number of hydrogen-bond donors (Lipinski definition) is 8. The lowest BCUT2D eigenvalue weighted by atomic mass is 9.97. The van der Waals surface area contributed by atoms with Gasteiger partial charge in [0, 0.05) is 23.5 Å². The number of aromatic nitrogens is 1. The Bertz CT molecular complexity index is 1520. The van der Waals surface area contributed by atoms with E-state index < -0.39 is 71.7 Å². The molecule has 1 aliphatic heterocycles. The number of amides is 6. The van der Waals surface area contributed by atoms with Crippen LogP contribution in [0.2, 0.25) is 0 Å². The van der Waals surface area contributed by atoms with E-state index in [9.17, 15) is 28.8 Å². The minimum Gasteiger partial charge on any atom is -0.361 e. The third kappa shape index (κ3) is 12.1. The Morgan fingerprint density at radius 2 is 1.16 bits per heavy atom. The highest BCUT2D eigenvalue weighted by molar-refractivity contribution is 5.98. The van der Waals surface area contributed by atoms with Crippen LogP contribution in [0.5, 0.6) is 0 Å². The minimum absolute atomic E-state index is 0.00301. The van der Waals surface area contributed by atoms with Gasteiger partial charge in [-0.15, -0.1) is 0 Å². The van der Waals surface area contributed by atoms with Crippen LogP contribution in [0.15, 0.2) is 30.5 Å². The van der Waals surface area contributed by atoms with Crippen LogP contribution in [0.25, 0.3) is 10.9 Å². The van der Waals surface area contributed by atoms with Crippen molar-refractivity contribution in [2.24, 2.45) is 23.5 Å². The topological polar surface area (TPSA) is 216 Å². The van der Waals surface area contributed by atoms with E-state index in [1.807, 2.05) is 52.0 Å². The number of carbonyl (C=O) groups excluding carboxylic acids is 6. The highest BCUT2D eigenvalue weighted by Gasteiger charge is 2.35. The first-order chi connectivity index (χ1) is 24.1. The average Bonchev–Trinajstić information content (AvgIpc) is 3.47. The highest BCUT2D eigenvalue weighted by Crippen LogP contribution is 2.20. The van der Waals surface area contributed by atoms with Gasteiger partial charge in [0.2, 0.25) is 35.4 Å². The summed E-state index contributed by atoms with van der Waals surface area (Å²) >= 11 is 0. The van der Waals surface area contributed by atoms with E-state index in [2.05, 4.69) is 36.9 Å². The summed E-state index contributed by atoms with van der Waals surface area (Å²) in [5, 5.41) is 17.6. The predicted octanol–water partition coefficient (Wildman–Crippen LogP) is 1.53. The fraction of sp³-hybridized carbons (Fsp3) is 0.622. The number of carbonyl (C=O) groups is 6. The Kier molecular flexibility index (Phi) is 15.4. The van der Waals surface area contributed by atoms with Crippen molar-refractivity contribution >= 4 is 46.3 Å². The van der Waals surface area contributed by atoms with Gasteiger partial charge in [-0.05, 0) is 75.0 Å². The summed E-state index contributed by atoms with van der Waals surface area (Å²) in [5.41, 5.74) is 7.31. The molecule has 51 heavy (non-hydrogen) atoms. The zero-order valence-electron chi connectivity index (χ0n) is 31.1. The number of unbranched alkanes of at least 4 members (excludes halogenated alkanes) is 1. The highest BCUT2D eigenvalue weighted by atomic mass is 16.2. The Morgan fingerprint density at radius 3 is 1.75 bits per heavy atom. The molecule has 3 rings (SSSR count). The van der Waals surface area contributed by atoms with E-state index in [4.69, 9.17) is 5.73 Å². The lowest BCUT2D eigenvalue weighted by Crippen LogP contribution is -2.62. The second kappa shape index (κ2) is 19.2. The molecule has 14 heteroatoms. The van der Waals surface area contributed by atoms with Gasteiger partial charge < -0.3 is 42.6 Å². The van der Waals surface area contributed by atoms with Crippen molar-refractivity contribution in [1.82, 2.24) is 36.9 Å². The van der Waals surface area contributed by atoms with Gasteiger partial charge in [0.25, 0.3) is 0 Å². The summed E-state index contributed by atoms with van der Waals surface area (Å²) in [6.07, 6.45) is 3.78. The zero-order chi connectivity index (χ0) is 37.8. The number of H-pyrrole nitrogens is 1. The van der Waals surface area contributed by atoms with Gasteiger partial charge in [0.1, 0.15) is 36.3 Å². The number of rotatable bonds is 11. The molecule has 0 bridgehead atoms. The van der Waals surface area contributed by atoms with Crippen LogP contribution in [0.3, 0.4) is 0 Å². The number of aromatic amines is 1. The number of hydrogen-bond acceptors (Lipinski definition) is 7. The normalized spacial score (nSPS) is 24.8. The molecule has 0 saturated carbocycles. The van der Waals surface area contributed by atoms with Crippen molar-refractivity contribution in [2.75, 3.05) is 6.54 Å². The first-order valence-electron chi connectivity index (χ1n) is 18.2. The summed E-state index contributed by atoms with van der Waals surface area (Å²) in [5.74, 6) is -3.85. The second-order valence-corrected chi connectivity index (χ2v) is 14.8. The third-order valence-electron chi connectivity index (χ3n) is 8.99. The maximum Gasteiger partial charge on any atom is 0.243 e. The Labute approximate surface area is 301 Å². The number of nitrogens with one attached hydrogen (secondary N) is 7. The van der Waals surface area contributed by atoms with E-state index in [0.29, 0.717) is 19.4 Å². The van der Waals surface area contributed by atoms with E-state index in [-0.39, 0.29) is 43.4 Å². The van der Waals surface area contributed by atoms with E-state index in [0.717, 1.165) is 16.5 Å². The molecule has 282 valence electrons. The van der Waals surface area contributed by atoms with Crippen molar-refractivity contribution in [1.29, 1.82) is 0 Å². The molecule has 1 aromatic carbocycles. The maximum absolute atomic E-state index is 14.1. The van der Waals surface area contributed by atoms with Crippen molar-refractivity contribution in [3.63, 3.8) is 0 Å². The smallest absolute Gasteiger partial charge is 0.243 e. The van der Waals surface area contributed by atoms with E-state index in [1.54, 1.807) is 20.0 Å². The van der Waals surface area contributed by atoms with Gasteiger partial charge in [0.15, 0.2) is 0 Å². The van der Waals surface area contributed by atoms with Crippen molar-refractivity contribution < 1.29 is 28.8 Å². The SMILES string of the molecule is CC(C)C[C@@H]1NC(=O)[C@H](Cc2c[nH]c3ccccc23)NC(=O)[C@@H](C)NC(=O)[C@H](CCCCN)NC(=O)[C@H](C(C)C)NC(=O)[C@@H](CC(C)C)NC1=O. The fourth-order valence-corrected chi connectivity index (χ4v) is 6.17. The Hall–Kier alpha value is -4.46. The van der Waals surface area contributed by atoms with Crippen LogP contribution in [-0.2, 0) is 35.2 Å². The van der Waals surface area contributed by atoms with Crippen molar-refractivity contribution in [2.45, 2.75) is 123 Å². The Morgan fingerprint density at radius 1 is 0.627 bits per heavy atom. The molecule has 1 aromatic heterocycles. The molecular weight excluding hydrogens is 652 g/mol.